The van der Waals surface area contributed by atoms with Crippen LogP contribution in [0.25, 0.3) is 11.1 Å². The molecule has 2 aromatic carbocycles. The van der Waals surface area contributed by atoms with Gasteiger partial charge in [0.1, 0.15) is 18.2 Å². The molecule has 3 aliphatic carbocycles. The molecule has 268 valence electrons. The topological polar surface area (TPSA) is 269 Å². The monoisotopic (exact) mass is 701 g/mol. The second-order valence-corrected chi connectivity index (χ2v) is 13.7. The lowest BCUT2D eigenvalue weighted by Gasteiger charge is -2.60. The fourth-order valence-electron chi connectivity index (χ4n) is 8.17. The number of carbonyl (C=O) groups is 7. The molecule has 51 heavy (non-hydrogen) atoms. The molecule has 16 nitrogen and oxygen atoms in total. The van der Waals surface area contributed by atoms with E-state index in [2.05, 4.69) is 5.32 Å². The number of rotatable bonds is 8. The van der Waals surface area contributed by atoms with Crippen molar-refractivity contribution in [2.24, 2.45) is 34.5 Å². The number of phenols is 1. The van der Waals surface area contributed by atoms with Crippen LogP contribution in [-0.4, -0.2) is 109 Å². The maximum Gasteiger partial charge on any atom is 0.325 e. The molecule has 2 unspecified atom stereocenters. The van der Waals surface area contributed by atoms with Gasteiger partial charge in [-0.3, -0.25) is 38.5 Å². The van der Waals surface area contributed by atoms with E-state index in [-0.39, 0.29) is 41.8 Å². The minimum atomic E-state index is -2.88. The molecule has 2 amide bonds. The molecule has 0 heterocycles. The number of aromatic hydroxyl groups is 1. The lowest BCUT2D eigenvalue weighted by atomic mass is 9.42. The molecule has 2 saturated carbocycles. The van der Waals surface area contributed by atoms with Crippen LogP contribution in [0.15, 0.2) is 30.3 Å². The molecule has 0 saturated heterocycles. The van der Waals surface area contributed by atoms with E-state index in [0.717, 1.165) is 0 Å². The van der Waals surface area contributed by atoms with Crippen LogP contribution >= 0.6 is 0 Å². The zero-order chi connectivity index (χ0) is 38.0. The number of likely N-dealkylation sites (N-methyl/N-ethyl adjacent to an activating group) is 1. The number of benzene rings is 2. The number of ketones is 4. The van der Waals surface area contributed by atoms with Gasteiger partial charge in [-0.05, 0) is 63.2 Å². The molecule has 5 rings (SSSR count). The molecule has 2 fully saturated rings. The SMILES string of the molecule is CCOC(=O)CNC(=O)c1cccc(-c2cc(N(C)C)c3c(c2O)C(=O)C2C(=O)[C@]4(C#N)C(=O)C(C(N)=O)C(=O)[C@@H](N(C)C)[C@]4(N)C[C@]2(N)C3)c1. The summed E-state index contributed by atoms with van der Waals surface area (Å²) >= 11 is 0. The van der Waals surface area contributed by atoms with Gasteiger partial charge in [-0.15, -0.1) is 0 Å². The van der Waals surface area contributed by atoms with Gasteiger partial charge in [-0.2, -0.15) is 5.26 Å². The first-order valence-electron chi connectivity index (χ1n) is 16.0. The number of amides is 2. The largest absolute Gasteiger partial charge is 0.507 e. The Morgan fingerprint density at radius 3 is 2.31 bits per heavy atom. The highest BCUT2D eigenvalue weighted by Gasteiger charge is 2.78. The first-order chi connectivity index (χ1) is 23.8. The number of carbonyl (C=O) groups excluding carboxylic acids is 7. The van der Waals surface area contributed by atoms with Gasteiger partial charge in [0.15, 0.2) is 34.5 Å². The summed E-state index contributed by atoms with van der Waals surface area (Å²) in [4.78, 5) is 97.0. The van der Waals surface area contributed by atoms with Crippen molar-refractivity contribution < 1.29 is 43.4 Å². The minimum Gasteiger partial charge on any atom is -0.507 e. The summed E-state index contributed by atoms with van der Waals surface area (Å²) in [6.45, 7) is 1.39. The number of hydrogen-bond acceptors (Lipinski definition) is 14. The number of phenolic OH excluding ortho intramolecular Hbond substituents is 1. The van der Waals surface area contributed by atoms with Gasteiger partial charge in [-0.25, -0.2) is 0 Å². The van der Waals surface area contributed by atoms with Crippen LogP contribution in [0.5, 0.6) is 5.75 Å². The van der Waals surface area contributed by atoms with Crippen molar-refractivity contribution >= 4 is 46.6 Å². The van der Waals surface area contributed by atoms with Crippen molar-refractivity contribution in [2.45, 2.75) is 36.9 Å². The van der Waals surface area contributed by atoms with Crippen LogP contribution < -0.4 is 27.4 Å². The lowest BCUT2D eigenvalue weighted by molar-refractivity contribution is -0.166. The van der Waals surface area contributed by atoms with Gasteiger partial charge in [-0.1, -0.05) is 12.1 Å². The maximum atomic E-state index is 14.7. The number of fused-ring (bicyclic) bond motifs is 3. The highest BCUT2D eigenvalue weighted by molar-refractivity contribution is 6.33. The number of nitrogens with two attached hydrogens (primary N) is 3. The predicted molar refractivity (Wildman–Crippen MR) is 180 cm³/mol. The van der Waals surface area contributed by atoms with E-state index in [0.29, 0.717) is 11.3 Å². The quantitative estimate of drug-likeness (QED) is 0.160. The second kappa shape index (κ2) is 12.7. The summed E-state index contributed by atoms with van der Waals surface area (Å²) in [6.07, 6.45) is -0.788. The van der Waals surface area contributed by atoms with Gasteiger partial charge in [0.05, 0.1) is 29.8 Å². The normalized spacial score (nSPS) is 28.3. The van der Waals surface area contributed by atoms with Crippen molar-refractivity contribution in [3.05, 3.63) is 47.0 Å². The number of anilines is 1. The number of nitrogens with zero attached hydrogens (tertiary/aromatic N) is 3. The summed E-state index contributed by atoms with van der Waals surface area (Å²) < 4.78 is 4.84. The van der Waals surface area contributed by atoms with Crippen LogP contribution in [0, 0.1) is 28.6 Å². The average molecular weight is 702 g/mol. The molecular weight excluding hydrogens is 662 g/mol. The van der Waals surface area contributed by atoms with Crippen LogP contribution in [0.2, 0.25) is 0 Å². The standard InChI is InChI=1S/C35H39N7O9/c1-6-51-21(43)13-40-32(50)17-9-7-8-16(10-17)18-11-20(41(2)3)19-12-33(38)14-35(39)28(42(4)5)27(46)23(31(37)49)29(47)34(35,15-36)30(48)24(33)26(45)22(19)25(18)44/h7-11,23-24,28,44H,6,12-14,38-39H2,1-5H3,(H2,37,49)(H,40,50)/t23?,24?,28-,33-,34+,35-/m1/s1. The van der Waals surface area contributed by atoms with Crippen LogP contribution in [-0.2, 0) is 35.1 Å². The van der Waals surface area contributed by atoms with Gasteiger partial charge in [0.25, 0.3) is 5.91 Å². The molecule has 16 heteroatoms. The second-order valence-electron chi connectivity index (χ2n) is 13.7. The summed E-state index contributed by atoms with van der Waals surface area (Å²) in [5.74, 6) is -11.9. The number of nitriles is 1. The van der Waals surface area contributed by atoms with E-state index in [4.69, 9.17) is 21.9 Å². The average Bonchev–Trinajstić information content (AvgIpc) is 3.02. The predicted octanol–water partition coefficient (Wildman–Crippen LogP) is -1.17. The summed E-state index contributed by atoms with van der Waals surface area (Å²) in [7, 11) is 6.21. The Hall–Kier alpha value is -5.50. The molecule has 0 bridgehead atoms. The van der Waals surface area contributed by atoms with Crippen molar-refractivity contribution in [3.8, 4) is 22.9 Å². The molecular formula is C35H39N7O9. The fourth-order valence-corrected chi connectivity index (χ4v) is 8.17. The highest BCUT2D eigenvalue weighted by Crippen LogP contribution is 2.57. The van der Waals surface area contributed by atoms with Crippen molar-refractivity contribution in [3.63, 3.8) is 0 Å². The third-order valence-corrected chi connectivity index (χ3v) is 10.2. The van der Waals surface area contributed by atoms with Crippen molar-refractivity contribution in [1.29, 1.82) is 5.26 Å². The number of nitrogens with one attached hydrogen (secondary N) is 1. The Kier molecular flexibility index (Phi) is 9.14. The van der Waals surface area contributed by atoms with Crippen molar-refractivity contribution in [1.82, 2.24) is 10.2 Å². The smallest absolute Gasteiger partial charge is 0.325 e. The maximum absolute atomic E-state index is 14.7. The minimum absolute atomic E-state index is 0.0996. The van der Waals surface area contributed by atoms with Gasteiger partial charge < -0.3 is 37.3 Å². The van der Waals surface area contributed by atoms with E-state index in [9.17, 15) is 43.9 Å². The third kappa shape index (κ3) is 5.27. The van der Waals surface area contributed by atoms with Gasteiger partial charge >= 0.3 is 5.97 Å². The molecule has 0 spiro atoms. The van der Waals surface area contributed by atoms with Gasteiger partial charge in [0.2, 0.25) is 5.91 Å². The van der Waals surface area contributed by atoms with Crippen molar-refractivity contribution in [2.75, 3.05) is 46.2 Å². The lowest BCUT2D eigenvalue weighted by Crippen LogP contribution is -2.85. The summed E-state index contributed by atoms with van der Waals surface area (Å²) in [5, 5.41) is 24.9. The van der Waals surface area contributed by atoms with Crippen LogP contribution in [0.1, 0.15) is 39.6 Å². The van der Waals surface area contributed by atoms with E-state index in [1.807, 2.05) is 0 Å². The molecule has 8 N–H and O–H groups in total. The van der Waals surface area contributed by atoms with Crippen LogP contribution in [0.4, 0.5) is 5.69 Å². The zero-order valence-corrected chi connectivity index (χ0v) is 28.7. The third-order valence-electron chi connectivity index (χ3n) is 10.2. The molecule has 6 atom stereocenters. The highest BCUT2D eigenvalue weighted by atomic mass is 16.5. The molecule has 0 aromatic heterocycles. The molecule has 3 aliphatic rings. The summed E-state index contributed by atoms with van der Waals surface area (Å²) in [6, 6.07) is 7.77. The first kappa shape index (κ1) is 36.8. The van der Waals surface area contributed by atoms with Crippen LogP contribution in [0.3, 0.4) is 0 Å². The number of Topliss-reactive ketones (excluding diaryl/α,β-unsaturated/α-hetero) is 4. The number of hydrogen-bond donors (Lipinski definition) is 5. The fraction of sp³-hybridized carbons (Fsp3) is 0.429. The van der Waals surface area contributed by atoms with E-state index in [1.165, 1.54) is 37.2 Å². The first-order valence-corrected chi connectivity index (χ1v) is 16.0. The molecule has 0 aliphatic heterocycles. The number of ether oxygens (including phenoxy) is 1. The number of primary amides is 1. The van der Waals surface area contributed by atoms with E-state index in [1.54, 1.807) is 44.1 Å². The van der Waals surface area contributed by atoms with E-state index < -0.39 is 87.5 Å². The van der Waals surface area contributed by atoms with E-state index >= 15 is 0 Å². The Bertz CT molecular complexity index is 1970. The molecule has 2 aromatic rings. The number of esters is 1. The zero-order valence-electron chi connectivity index (χ0n) is 28.7. The Morgan fingerprint density at radius 2 is 1.75 bits per heavy atom. The Morgan fingerprint density at radius 1 is 1.08 bits per heavy atom. The Balaban J connectivity index is 1.68. The van der Waals surface area contributed by atoms with Gasteiger partial charge in [0, 0.05) is 36.4 Å². The summed E-state index contributed by atoms with van der Waals surface area (Å²) in [5.41, 5.74) is 13.2. The Labute approximate surface area is 292 Å². The molecule has 0 radical (unpaired) electrons.